The van der Waals surface area contributed by atoms with E-state index in [-0.39, 0.29) is 17.5 Å². The number of morpholine rings is 1. The Bertz CT molecular complexity index is 881. The van der Waals surface area contributed by atoms with Crippen LogP contribution in [0.4, 0.5) is 4.39 Å². The molecule has 0 aliphatic carbocycles. The molecule has 1 aliphatic rings. The van der Waals surface area contributed by atoms with Crippen LogP contribution in [0, 0.1) is 12.7 Å². The first-order valence-corrected chi connectivity index (χ1v) is 10.1. The molecule has 0 amide bonds. The molecule has 3 rings (SSSR count). The molecule has 6 heteroatoms. The average molecular weight is 377 g/mol. The zero-order valence-corrected chi connectivity index (χ0v) is 16.1. The number of ether oxygens (including phenoxy) is 1. The Balaban J connectivity index is 1.88. The van der Waals surface area contributed by atoms with Crippen LogP contribution in [0.15, 0.2) is 53.4 Å². The average Bonchev–Trinajstić information content (AvgIpc) is 2.59. The monoisotopic (exact) mass is 377 g/mol. The summed E-state index contributed by atoms with van der Waals surface area (Å²) >= 11 is 0. The predicted octanol–water partition coefficient (Wildman–Crippen LogP) is 3.54. The number of sulfonamides is 1. The third-order valence-corrected chi connectivity index (χ3v) is 6.81. The molecule has 2 aromatic carbocycles. The number of nitrogens with zero attached hydrogens (tertiary/aromatic N) is 1. The molecule has 0 bridgehead atoms. The van der Waals surface area contributed by atoms with Gasteiger partial charge in [0.2, 0.25) is 10.0 Å². The molecule has 26 heavy (non-hydrogen) atoms. The molecule has 1 aliphatic heterocycles. The summed E-state index contributed by atoms with van der Waals surface area (Å²) in [5.74, 6) is -0.410. The van der Waals surface area contributed by atoms with Crippen molar-refractivity contribution >= 4 is 10.0 Å². The van der Waals surface area contributed by atoms with Gasteiger partial charge in [0.05, 0.1) is 23.1 Å². The third-order valence-electron chi connectivity index (χ3n) is 4.74. The minimum absolute atomic E-state index is 0.116. The Kier molecular flexibility index (Phi) is 5.19. The summed E-state index contributed by atoms with van der Waals surface area (Å²) in [5.41, 5.74) is 0.749. The Hall–Kier alpha value is -1.76. The topological polar surface area (TPSA) is 46.6 Å². The van der Waals surface area contributed by atoms with Crippen molar-refractivity contribution in [1.29, 1.82) is 0 Å². The van der Waals surface area contributed by atoms with Gasteiger partial charge in [-0.25, -0.2) is 12.8 Å². The Morgan fingerprint density at radius 1 is 1.19 bits per heavy atom. The molecular formula is C20H24FNO3S. The number of rotatable bonds is 4. The molecule has 2 aromatic rings. The quantitative estimate of drug-likeness (QED) is 0.819. The molecule has 0 radical (unpaired) electrons. The van der Waals surface area contributed by atoms with E-state index < -0.39 is 21.4 Å². The number of aryl methyl sites for hydroxylation is 1. The first kappa shape index (κ1) is 19.0. The predicted molar refractivity (Wildman–Crippen MR) is 99.0 cm³/mol. The minimum Gasteiger partial charge on any atom is -0.375 e. The van der Waals surface area contributed by atoms with Crippen molar-refractivity contribution in [2.45, 2.75) is 43.7 Å². The summed E-state index contributed by atoms with van der Waals surface area (Å²) in [4.78, 5) is 0.116. The summed E-state index contributed by atoms with van der Waals surface area (Å²) in [6.07, 6.45) is 0.424. The van der Waals surface area contributed by atoms with Crippen LogP contribution in [0.3, 0.4) is 0 Å². The highest BCUT2D eigenvalue weighted by Gasteiger charge is 2.42. The van der Waals surface area contributed by atoms with Gasteiger partial charge in [-0.15, -0.1) is 0 Å². The van der Waals surface area contributed by atoms with E-state index in [9.17, 15) is 12.8 Å². The van der Waals surface area contributed by atoms with Gasteiger partial charge in [0.1, 0.15) is 5.82 Å². The maximum absolute atomic E-state index is 13.6. The Morgan fingerprint density at radius 3 is 2.54 bits per heavy atom. The number of hydrogen-bond donors (Lipinski definition) is 0. The SMILES string of the molecule is Cc1cc(S(=O)(=O)N2CC(Cc3ccccc3)OCC2(C)C)ccc1F. The smallest absolute Gasteiger partial charge is 0.243 e. The van der Waals surface area contributed by atoms with Crippen LogP contribution in [0.1, 0.15) is 25.0 Å². The Labute approximate surface area is 154 Å². The van der Waals surface area contributed by atoms with Crippen LogP contribution in [0.2, 0.25) is 0 Å². The van der Waals surface area contributed by atoms with Crippen LogP contribution < -0.4 is 0 Å². The fraction of sp³-hybridized carbons (Fsp3) is 0.400. The van der Waals surface area contributed by atoms with Crippen LogP contribution >= 0.6 is 0 Å². The highest BCUT2D eigenvalue weighted by atomic mass is 32.2. The van der Waals surface area contributed by atoms with E-state index in [2.05, 4.69) is 0 Å². The number of benzene rings is 2. The lowest BCUT2D eigenvalue weighted by Gasteiger charge is -2.44. The molecule has 0 N–H and O–H groups in total. The highest BCUT2D eigenvalue weighted by Crippen LogP contribution is 2.31. The van der Waals surface area contributed by atoms with Gasteiger partial charge < -0.3 is 4.74 Å². The number of halogens is 1. The maximum Gasteiger partial charge on any atom is 0.243 e. The van der Waals surface area contributed by atoms with Crippen molar-refractivity contribution in [3.8, 4) is 0 Å². The molecule has 0 spiro atoms. The standard InChI is InChI=1S/C20H24FNO3S/c1-15-11-18(9-10-19(15)21)26(23,24)22-13-17(25-14-20(22,2)3)12-16-7-5-4-6-8-16/h4-11,17H,12-14H2,1-3H3. The molecule has 1 saturated heterocycles. The van der Waals surface area contributed by atoms with Gasteiger partial charge in [-0.1, -0.05) is 30.3 Å². The second kappa shape index (κ2) is 7.10. The summed E-state index contributed by atoms with van der Waals surface area (Å²) < 4.78 is 47.4. The number of hydrogen-bond acceptors (Lipinski definition) is 3. The molecular weight excluding hydrogens is 353 g/mol. The van der Waals surface area contributed by atoms with Crippen LogP contribution in [-0.4, -0.2) is 37.5 Å². The molecule has 0 saturated carbocycles. The van der Waals surface area contributed by atoms with Crippen molar-refractivity contribution in [2.75, 3.05) is 13.2 Å². The lowest BCUT2D eigenvalue weighted by atomic mass is 10.0. The fourth-order valence-corrected chi connectivity index (χ4v) is 5.09. The van der Waals surface area contributed by atoms with Crippen LogP contribution in [0.5, 0.6) is 0 Å². The van der Waals surface area contributed by atoms with Gasteiger partial charge in [0, 0.05) is 6.54 Å². The van der Waals surface area contributed by atoms with E-state index in [0.717, 1.165) is 5.56 Å². The van der Waals surface area contributed by atoms with Gasteiger partial charge in [-0.2, -0.15) is 4.31 Å². The molecule has 1 heterocycles. The zero-order chi connectivity index (χ0) is 18.9. The second-order valence-corrected chi connectivity index (χ2v) is 9.24. The summed E-state index contributed by atoms with van der Waals surface area (Å²) in [6.45, 7) is 5.83. The largest absolute Gasteiger partial charge is 0.375 e. The van der Waals surface area contributed by atoms with Gasteiger partial charge >= 0.3 is 0 Å². The van der Waals surface area contributed by atoms with Gasteiger partial charge in [-0.05, 0) is 56.5 Å². The second-order valence-electron chi connectivity index (χ2n) is 7.38. The lowest BCUT2D eigenvalue weighted by molar-refractivity contribution is -0.0629. The van der Waals surface area contributed by atoms with Crippen molar-refractivity contribution in [1.82, 2.24) is 4.31 Å². The first-order valence-electron chi connectivity index (χ1n) is 8.65. The van der Waals surface area contributed by atoms with Gasteiger partial charge in [0.15, 0.2) is 0 Å². The van der Waals surface area contributed by atoms with Crippen molar-refractivity contribution in [2.24, 2.45) is 0 Å². The third kappa shape index (κ3) is 3.82. The summed E-state index contributed by atoms with van der Waals surface area (Å²) in [5, 5.41) is 0. The van der Waals surface area contributed by atoms with Crippen LogP contribution in [0.25, 0.3) is 0 Å². The van der Waals surface area contributed by atoms with Crippen molar-refractivity contribution in [3.05, 3.63) is 65.5 Å². The molecule has 0 aromatic heterocycles. The van der Waals surface area contributed by atoms with E-state index in [1.165, 1.54) is 22.5 Å². The van der Waals surface area contributed by atoms with E-state index in [1.807, 2.05) is 44.2 Å². The molecule has 1 atom stereocenters. The van der Waals surface area contributed by atoms with Crippen LogP contribution in [-0.2, 0) is 21.2 Å². The Morgan fingerprint density at radius 2 is 1.88 bits per heavy atom. The zero-order valence-electron chi connectivity index (χ0n) is 15.3. The maximum atomic E-state index is 13.6. The molecule has 140 valence electrons. The van der Waals surface area contributed by atoms with E-state index in [4.69, 9.17) is 4.74 Å². The lowest BCUT2D eigenvalue weighted by Crippen LogP contribution is -2.58. The molecule has 1 unspecified atom stereocenters. The van der Waals surface area contributed by atoms with Gasteiger partial charge in [-0.3, -0.25) is 0 Å². The minimum atomic E-state index is -3.75. The van der Waals surface area contributed by atoms with Gasteiger partial charge in [0.25, 0.3) is 0 Å². The highest BCUT2D eigenvalue weighted by molar-refractivity contribution is 7.89. The molecule has 4 nitrogen and oxygen atoms in total. The normalized spacial score (nSPS) is 20.8. The summed E-state index contributed by atoms with van der Waals surface area (Å²) in [7, 11) is -3.75. The van der Waals surface area contributed by atoms with Crippen molar-refractivity contribution in [3.63, 3.8) is 0 Å². The molecule has 1 fully saturated rings. The summed E-state index contributed by atoms with van der Waals surface area (Å²) in [6, 6.07) is 13.8. The van der Waals surface area contributed by atoms with E-state index in [1.54, 1.807) is 6.92 Å². The van der Waals surface area contributed by atoms with Crippen molar-refractivity contribution < 1.29 is 17.5 Å². The first-order chi connectivity index (χ1) is 12.2. The van der Waals surface area contributed by atoms with E-state index >= 15 is 0 Å². The van der Waals surface area contributed by atoms with E-state index in [0.29, 0.717) is 18.6 Å². The fourth-order valence-electron chi connectivity index (χ4n) is 3.21.